The summed E-state index contributed by atoms with van der Waals surface area (Å²) >= 11 is 12.8. The molecule has 1 heterocycles. The van der Waals surface area contributed by atoms with Crippen molar-refractivity contribution in [1.29, 1.82) is 0 Å². The first kappa shape index (κ1) is 23.4. The van der Waals surface area contributed by atoms with Gasteiger partial charge in [0, 0.05) is 11.1 Å². The number of carbonyl (C=O) groups is 1. The fourth-order valence-electron chi connectivity index (χ4n) is 3.80. The number of halogens is 2. The summed E-state index contributed by atoms with van der Waals surface area (Å²) < 4.78 is 17.1. The molecule has 0 amide bonds. The van der Waals surface area contributed by atoms with Gasteiger partial charge in [-0.05, 0) is 75.9 Å². The molecule has 0 saturated heterocycles. The van der Waals surface area contributed by atoms with Gasteiger partial charge in [-0.3, -0.25) is 4.79 Å². The van der Waals surface area contributed by atoms with Crippen LogP contribution in [0.15, 0.2) is 40.9 Å². The summed E-state index contributed by atoms with van der Waals surface area (Å²) in [6.45, 7) is 3.86. The first-order valence-corrected chi connectivity index (χ1v) is 11.6. The summed E-state index contributed by atoms with van der Waals surface area (Å²) in [6.07, 6.45) is 2.63. The van der Waals surface area contributed by atoms with E-state index in [0.29, 0.717) is 70.1 Å². The Morgan fingerprint density at radius 2 is 1.85 bits per heavy atom. The second-order valence-electron chi connectivity index (χ2n) is 8.31. The molecule has 1 aromatic heterocycles. The van der Waals surface area contributed by atoms with Crippen molar-refractivity contribution in [3.8, 4) is 34.3 Å². The summed E-state index contributed by atoms with van der Waals surface area (Å²) in [5.74, 6) is 0.861. The fraction of sp³-hybridized carbons (Fsp3) is 0.375. The van der Waals surface area contributed by atoms with Gasteiger partial charge in [0.1, 0.15) is 11.5 Å². The van der Waals surface area contributed by atoms with Gasteiger partial charge in [0.2, 0.25) is 5.82 Å². The van der Waals surface area contributed by atoms with Gasteiger partial charge in [-0.15, -0.1) is 0 Å². The lowest BCUT2D eigenvalue weighted by Crippen LogP contribution is -2.27. The van der Waals surface area contributed by atoms with Crippen LogP contribution in [-0.4, -0.2) is 33.4 Å². The van der Waals surface area contributed by atoms with Gasteiger partial charge in [-0.1, -0.05) is 28.4 Å². The monoisotopic (exact) mass is 490 g/mol. The molecule has 0 spiro atoms. The number of aromatic nitrogens is 2. The molecule has 0 bridgehead atoms. The molecule has 3 aromatic rings. The van der Waals surface area contributed by atoms with Crippen LogP contribution in [0.25, 0.3) is 22.8 Å². The van der Waals surface area contributed by atoms with Crippen LogP contribution in [0.5, 0.6) is 11.5 Å². The van der Waals surface area contributed by atoms with Crippen LogP contribution in [-0.2, 0) is 4.79 Å². The Bertz CT molecular complexity index is 1140. The number of hydrogen-bond donors (Lipinski definition) is 1. The maximum atomic E-state index is 11.1. The largest absolute Gasteiger partial charge is 0.490 e. The number of benzene rings is 2. The van der Waals surface area contributed by atoms with Gasteiger partial charge in [0.05, 0.1) is 28.2 Å². The SMILES string of the molecule is CC(C)Oc1ccc(-c2nc(-c3ccc(OC4CCC(C(=O)O)CC4)cc3Cl)no2)cc1Cl. The molecule has 4 rings (SSSR count). The Morgan fingerprint density at radius 1 is 1.09 bits per heavy atom. The van der Waals surface area contributed by atoms with Gasteiger partial charge in [0.15, 0.2) is 0 Å². The smallest absolute Gasteiger partial charge is 0.306 e. The van der Waals surface area contributed by atoms with E-state index in [4.69, 9.17) is 42.3 Å². The Morgan fingerprint density at radius 3 is 2.48 bits per heavy atom. The van der Waals surface area contributed by atoms with Crippen molar-refractivity contribution in [1.82, 2.24) is 10.1 Å². The van der Waals surface area contributed by atoms with Crippen LogP contribution >= 0.6 is 23.2 Å². The van der Waals surface area contributed by atoms with Crippen LogP contribution in [0.4, 0.5) is 0 Å². The van der Waals surface area contributed by atoms with Crippen molar-refractivity contribution in [3.05, 3.63) is 46.4 Å². The van der Waals surface area contributed by atoms with E-state index in [-0.39, 0.29) is 18.1 Å². The number of nitrogens with zero attached hydrogens (tertiary/aromatic N) is 2. The minimum Gasteiger partial charge on any atom is -0.490 e. The molecule has 33 heavy (non-hydrogen) atoms. The highest BCUT2D eigenvalue weighted by Crippen LogP contribution is 2.35. The van der Waals surface area contributed by atoms with Gasteiger partial charge >= 0.3 is 5.97 Å². The van der Waals surface area contributed by atoms with Crippen LogP contribution in [0.1, 0.15) is 39.5 Å². The Labute approximate surface area is 201 Å². The first-order chi connectivity index (χ1) is 15.8. The van der Waals surface area contributed by atoms with Crippen LogP contribution in [0.3, 0.4) is 0 Å². The second-order valence-corrected chi connectivity index (χ2v) is 9.12. The van der Waals surface area contributed by atoms with E-state index in [2.05, 4.69) is 10.1 Å². The predicted molar refractivity (Wildman–Crippen MR) is 125 cm³/mol. The van der Waals surface area contributed by atoms with E-state index in [1.165, 1.54) is 0 Å². The highest BCUT2D eigenvalue weighted by atomic mass is 35.5. The molecule has 174 valence electrons. The van der Waals surface area contributed by atoms with Crippen LogP contribution in [0.2, 0.25) is 10.0 Å². The zero-order chi connectivity index (χ0) is 23.5. The summed E-state index contributed by atoms with van der Waals surface area (Å²) in [4.78, 5) is 15.6. The number of carboxylic acids is 1. The maximum absolute atomic E-state index is 11.1. The van der Waals surface area contributed by atoms with Gasteiger partial charge in [0.25, 0.3) is 5.89 Å². The standard InChI is InChI=1S/C24H24Cl2N2O5/c1-13(2)31-21-10-5-15(11-20(21)26)23-27-22(28-33-23)18-9-8-17(12-19(18)25)32-16-6-3-14(4-7-16)24(29)30/h5,8-14,16H,3-4,6-7H2,1-2H3,(H,29,30). The number of aliphatic carboxylic acids is 1. The molecule has 0 radical (unpaired) electrons. The lowest BCUT2D eigenvalue weighted by Gasteiger charge is -2.26. The zero-order valence-corrected chi connectivity index (χ0v) is 19.8. The highest BCUT2D eigenvalue weighted by molar-refractivity contribution is 6.33. The van der Waals surface area contributed by atoms with Crippen molar-refractivity contribution >= 4 is 29.2 Å². The third kappa shape index (κ3) is 5.60. The van der Waals surface area contributed by atoms with Crippen LogP contribution in [0, 0.1) is 5.92 Å². The molecule has 0 aliphatic heterocycles. The molecule has 1 aliphatic carbocycles. The molecular formula is C24H24Cl2N2O5. The third-order valence-corrected chi connectivity index (χ3v) is 6.08. The molecule has 1 saturated carbocycles. The second kappa shape index (κ2) is 10.0. The van der Waals surface area contributed by atoms with Crippen molar-refractivity contribution in [2.24, 2.45) is 5.92 Å². The quantitative estimate of drug-likeness (QED) is 0.402. The van der Waals surface area contributed by atoms with Gasteiger partial charge in [-0.2, -0.15) is 4.98 Å². The summed E-state index contributed by atoms with van der Waals surface area (Å²) in [5.41, 5.74) is 1.28. The minimum absolute atomic E-state index is 0.0113. The number of rotatable bonds is 7. The van der Waals surface area contributed by atoms with Gasteiger partial charge in [-0.25, -0.2) is 0 Å². The summed E-state index contributed by atoms with van der Waals surface area (Å²) in [5, 5.41) is 14.1. The number of hydrogen-bond acceptors (Lipinski definition) is 6. The first-order valence-electron chi connectivity index (χ1n) is 10.8. The van der Waals surface area contributed by atoms with Crippen molar-refractivity contribution in [3.63, 3.8) is 0 Å². The average Bonchev–Trinajstić information content (AvgIpc) is 3.25. The lowest BCUT2D eigenvalue weighted by atomic mass is 9.87. The van der Waals surface area contributed by atoms with E-state index in [0.717, 1.165) is 0 Å². The average molecular weight is 491 g/mol. The normalized spacial score (nSPS) is 18.3. The van der Waals surface area contributed by atoms with E-state index >= 15 is 0 Å². The molecule has 0 atom stereocenters. The minimum atomic E-state index is -0.734. The summed E-state index contributed by atoms with van der Waals surface area (Å²) in [7, 11) is 0. The molecule has 1 aliphatic rings. The molecule has 0 unspecified atom stereocenters. The fourth-order valence-corrected chi connectivity index (χ4v) is 4.28. The molecule has 1 N–H and O–H groups in total. The topological polar surface area (TPSA) is 94.7 Å². The molecule has 7 nitrogen and oxygen atoms in total. The number of ether oxygens (including phenoxy) is 2. The van der Waals surface area contributed by atoms with E-state index in [9.17, 15) is 4.79 Å². The molecular weight excluding hydrogens is 467 g/mol. The van der Waals surface area contributed by atoms with E-state index < -0.39 is 5.97 Å². The Kier molecular flexibility index (Phi) is 7.10. The highest BCUT2D eigenvalue weighted by Gasteiger charge is 2.27. The lowest BCUT2D eigenvalue weighted by molar-refractivity contribution is -0.143. The van der Waals surface area contributed by atoms with E-state index in [1.54, 1.807) is 36.4 Å². The van der Waals surface area contributed by atoms with Crippen molar-refractivity contribution < 1.29 is 23.9 Å². The Balaban J connectivity index is 1.45. The molecule has 1 fully saturated rings. The van der Waals surface area contributed by atoms with Gasteiger partial charge < -0.3 is 19.1 Å². The predicted octanol–water partition coefficient (Wildman–Crippen LogP) is 6.52. The summed E-state index contributed by atoms with van der Waals surface area (Å²) in [6, 6.07) is 10.6. The van der Waals surface area contributed by atoms with Crippen molar-refractivity contribution in [2.45, 2.75) is 51.7 Å². The van der Waals surface area contributed by atoms with Crippen LogP contribution < -0.4 is 9.47 Å². The van der Waals surface area contributed by atoms with E-state index in [1.807, 2.05) is 13.8 Å². The molecule has 2 aromatic carbocycles. The maximum Gasteiger partial charge on any atom is 0.306 e. The third-order valence-electron chi connectivity index (χ3n) is 5.48. The molecule has 9 heteroatoms. The van der Waals surface area contributed by atoms with Crippen molar-refractivity contribution in [2.75, 3.05) is 0 Å². The number of carboxylic acid groups (broad SMARTS) is 1. The Hall–Kier alpha value is -2.77. The zero-order valence-electron chi connectivity index (χ0n) is 18.3.